The van der Waals surface area contributed by atoms with E-state index in [1.165, 1.54) is 11.1 Å². The third-order valence-electron chi connectivity index (χ3n) is 6.70. The molecular formula is C29H34N2O3S. The van der Waals surface area contributed by atoms with E-state index in [2.05, 4.69) is 46.4 Å². The molecule has 1 amide bonds. The number of sulfonamides is 1. The van der Waals surface area contributed by atoms with Crippen LogP contribution < -0.4 is 10.0 Å². The first kappa shape index (κ1) is 25.1. The summed E-state index contributed by atoms with van der Waals surface area (Å²) in [4.78, 5) is 12.8. The minimum Gasteiger partial charge on any atom is -0.326 e. The lowest BCUT2D eigenvalue weighted by Gasteiger charge is -2.30. The number of carbonyl (C=O) groups is 1. The fourth-order valence-electron chi connectivity index (χ4n) is 4.35. The number of carbonyl (C=O) groups excluding carboxylic acids is 1. The molecule has 1 aliphatic rings. The second kappa shape index (κ2) is 10.3. The smallest absolute Gasteiger partial charge is 0.227 e. The van der Waals surface area contributed by atoms with Crippen LogP contribution in [0.4, 0.5) is 5.69 Å². The molecule has 0 aliphatic heterocycles. The Bertz CT molecular complexity index is 1240. The Balaban J connectivity index is 1.31. The van der Waals surface area contributed by atoms with Crippen LogP contribution in [0.3, 0.4) is 0 Å². The highest BCUT2D eigenvalue weighted by molar-refractivity contribution is 7.90. The van der Waals surface area contributed by atoms with Crippen LogP contribution in [0.2, 0.25) is 0 Å². The summed E-state index contributed by atoms with van der Waals surface area (Å²) in [7, 11) is -3.38. The van der Waals surface area contributed by atoms with Gasteiger partial charge in [0.05, 0.1) is 4.75 Å². The molecule has 0 atom stereocenters. The van der Waals surface area contributed by atoms with Gasteiger partial charge >= 0.3 is 0 Å². The zero-order valence-corrected chi connectivity index (χ0v) is 21.4. The SMILES string of the molecule is CC(C)(C)S(=O)(=O)NC1CCC(C(=O)Nc2ccc(-c3ccc(-c4ccccc4)cc3)cc2)CC1. The van der Waals surface area contributed by atoms with Gasteiger partial charge in [-0.3, -0.25) is 4.79 Å². The number of amides is 1. The van der Waals surface area contributed by atoms with E-state index in [0.29, 0.717) is 25.7 Å². The molecule has 4 rings (SSSR count). The zero-order chi connectivity index (χ0) is 25.1. The Morgan fingerprint density at radius 2 is 1.17 bits per heavy atom. The summed E-state index contributed by atoms with van der Waals surface area (Å²) in [5.74, 6) is -0.0994. The van der Waals surface area contributed by atoms with Crippen LogP contribution in [-0.4, -0.2) is 25.1 Å². The van der Waals surface area contributed by atoms with Gasteiger partial charge in [-0.05, 0) is 80.8 Å². The Morgan fingerprint density at radius 1 is 0.714 bits per heavy atom. The molecule has 0 aromatic heterocycles. The summed E-state index contributed by atoms with van der Waals surface area (Å²) >= 11 is 0. The highest BCUT2D eigenvalue weighted by atomic mass is 32.2. The standard InChI is InChI=1S/C29H34N2O3S/c1-29(2,3)35(33,34)31-27-19-15-25(16-20-27)28(32)30-26-17-13-24(14-18-26)23-11-9-22(10-12-23)21-7-5-4-6-8-21/h4-14,17-18,25,27,31H,15-16,19-20H2,1-3H3,(H,30,32). The van der Waals surface area contributed by atoms with E-state index < -0.39 is 14.8 Å². The van der Waals surface area contributed by atoms with Crippen LogP contribution in [0.5, 0.6) is 0 Å². The maximum atomic E-state index is 12.8. The summed E-state index contributed by atoms with van der Waals surface area (Å²) in [5, 5.41) is 3.03. The van der Waals surface area contributed by atoms with Gasteiger partial charge in [-0.2, -0.15) is 0 Å². The van der Waals surface area contributed by atoms with Crippen molar-refractivity contribution in [2.45, 2.75) is 57.2 Å². The number of anilines is 1. The maximum Gasteiger partial charge on any atom is 0.227 e. The van der Waals surface area contributed by atoms with Crippen molar-refractivity contribution in [1.82, 2.24) is 4.72 Å². The molecule has 0 unspecified atom stereocenters. The van der Waals surface area contributed by atoms with Gasteiger partial charge in [0, 0.05) is 17.6 Å². The second-order valence-corrected chi connectivity index (χ2v) is 12.8. The van der Waals surface area contributed by atoms with Gasteiger partial charge < -0.3 is 5.32 Å². The largest absolute Gasteiger partial charge is 0.326 e. The van der Waals surface area contributed by atoms with E-state index in [-0.39, 0.29) is 17.9 Å². The molecule has 0 bridgehead atoms. The van der Waals surface area contributed by atoms with Crippen LogP contribution >= 0.6 is 0 Å². The highest BCUT2D eigenvalue weighted by Gasteiger charge is 2.34. The van der Waals surface area contributed by atoms with Gasteiger partial charge in [0.25, 0.3) is 0 Å². The summed E-state index contributed by atoms with van der Waals surface area (Å²) in [5.41, 5.74) is 5.36. The van der Waals surface area contributed by atoms with Gasteiger partial charge in [0.1, 0.15) is 0 Å². The van der Waals surface area contributed by atoms with Gasteiger partial charge in [0.2, 0.25) is 15.9 Å². The molecule has 0 saturated heterocycles. The lowest BCUT2D eigenvalue weighted by Crippen LogP contribution is -2.46. The highest BCUT2D eigenvalue weighted by Crippen LogP contribution is 2.29. The molecule has 5 nitrogen and oxygen atoms in total. The van der Waals surface area contributed by atoms with E-state index in [0.717, 1.165) is 16.8 Å². The van der Waals surface area contributed by atoms with Gasteiger partial charge in [-0.25, -0.2) is 13.1 Å². The summed E-state index contributed by atoms with van der Waals surface area (Å²) < 4.78 is 26.8. The molecule has 1 fully saturated rings. The summed E-state index contributed by atoms with van der Waals surface area (Å²) in [6.07, 6.45) is 2.70. The Hall–Kier alpha value is -2.96. The average molecular weight is 491 g/mol. The molecule has 0 heterocycles. The van der Waals surface area contributed by atoms with Crippen LogP contribution in [0, 0.1) is 5.92 Å². The molecule has 3 aromatic rings. The van der Waals surface area contributed by atoms with E-state index in [9.17, 15) is 13.2 Å². The van der Waals surface area contributed by atoms with E-state index >= 15 is 0 Å². The van der Waals surface area contributed by atoms with Crippen LogP contribution in [-0.2, 0) is 14.8 Å². The number of nitrogens with one attached hydrogen (secondary N) is 2. The van der Waals surface area contributed by atoms with Crippen molar-refractivity contribution in [2.75, 3.05) is 5.32 Å². The van der Waals surface area contributed by atoms with Crippen LogP contribution in [0.15, 0.2) is 78.9 Å². The van der Waals surface area contributed by atoms with Crippen LogP contribution in [0.1, 0.15) is 46.5 Å². The molecule has 1 saturated carbocycles. The van der Waals surface area contributed by atoms with Crippen molar-refractivity contribution >= 4 is 21.6 Å². The number of benzene rings is 3. The van der Waals surface area contributed by atoms with E-state index in [1.807, 2.05) is 42.5 Å². The monoisotopic (exact) mass is 490 g/mol. The molecule has 0 spiro atoms. The van der Waals surface area contributed by atoms with Gasteiger partial charge in [-0.15, -0.1) is 0 Å². The van der Waals surface area contributed by atoms with Crippen molar-refractivity contribution in [2.24, 2.45) is 5.92 Å². The van der Waals surface area contributed by atoms with Crippen LogP contribution in [0.25, 0.3) is 22.3 Å². The predicted molar refractivity (Wildman–Crippen MR) is 143 cm³/mol. The molecule has 1 aliphatic carbocycles. The average Bonchev–Trinajstić information content (AvgIpc) is 2.85. The summed E-state index contributed by atoms with van der Waals surface area (Å²) in [6, 6.07) is 26.6. The van der Waals surface area contributed by atoms with Crippen molar-refractivity contribution in [3.8, 4) is 22.3 Å². The quantitative estimate of drug-likeness (QED) is 0.430. The van der Waals surface area contributed by atoms with Crippen molar-refractivity contribution in [3.05, 3.63) is 78.9 Å². The minimum absolute atomic E-state index is 0.00194. The molecule has 6 heteroatoms. The first-order valence-corrected chi connectivity index (χ1v) is 13.7. The van der Waals surface area contributed by atoms with E-state index in [4.69, 9.17) is 0 Å². The van der Waals surface area contributed by atoms with Gasteiger partial charge in [0.15, 0.2) is 0 Å². The maximum absolute atomic E-state index is 12.8. The Kier molecular flexibility index (Phi) is 7.43. The minimum atomic E-state index is -3.38. The molecule has 0 radical (unpaired) electrons. The first-order valence-electron chi connectivity index (χ1n) is 12.2. The lowest BCUT2D eigenvalue weighted by molar-refractivity contribution is -0.120. The number of hydrogen-bond donors (Lipinski definition) is 2. The lowest BCUT2D eigenvalue weighted by atomic mass is 9.86. The molecule has 184 valence electrons. The normalized spacial score (nSPS) is 18.7. The summed E-state index contributed by atoms with van der Waals surface area (Å²) in [6.45, 7) is 5.08. The third-order valence-corrected chi connectivity index (χ3v) is 8.96. The third kappa shape index (κ3) is 6.19. The Morgan fingerprint density at radius 3 is 1.66 bits per heavy atom. The topological polar surface area (TPSA) is 75.3 Å². The van der Waals surface area contributed by atoms with Crippen molar-refractivity contribution in [3.63, 3.8) is 0 Å². The Labute approximate surface area is 209 Å². The second-order valence-electron chi connectivity index (χ2n) is 10.3. The number of hydrogen-bond acceptors (Lipinski definition) is 3. The van der Waals surface area contributed by atoms with Gasteiger partial charge in [-0.1, -0.05) is 66.7 Å². The molecule has 3 aromatic carbocycles. The zero-order valence-electron chi connectivity index (χ0n) is 20.6. The van der Waals surface area contributed by atoms with Crippen molar-refractivity contribution in [1.29, 1.82) is 0 Å². The first-order chi connectivity index (χ1) is 16.6. The molecule has 2 N–H and O–H groups in total. The fraction of sp³-hybridized carbons (Fsp3) is 0.345. The fourth-order valence-corrected chi connectivity index (χ4v) is 5.37. The van der Waals surface area contributed by atoms with Crippen molar-refractivity contribution < 1.29 is 13.2 Å². The number of rotatable bonds is 6. The predicted octanol–water partition coefficient (Wildman–Crippen LogP) is 6.24. The molecular weight excluding hydrogens is 456 g/mol. The molecule has 35 heavy (non-hydrogen) atoms. The van der Waals surface area contributed by atoms with E-state index in [1.54, 1.807) is 20.8 Å².